The average molecular weight is 416 g/mol. The van der Waals surface area contributed by atoms with Gasteiger partial charge in [-0.05, 0) is 36.4 Å². The fraction of sp³-hybridized carbons (Fsp3) is 0.0526. The molecule has 2 aromatic heterocycles. The second-order valence-corrected chi connectivity index (χ2v) is 6.17. The van der Waals surface area contributed by atoms with Crippen LogP contribution >= 0.6 is 0 Å². The number of aromatic amines is 1. The number of hydrogen-bond acceptors (Lipinski definition) is 5. The number of ether oxygens (including phenoxy) is 1. The minimum atomic E-state index is -4.51. The van der Waals surface area contributed by atoms with Crippen molar-refractivity contribution >= 4 is 16.9 Å². The normalized spacial score (nSPS) is 11.6. The molecule has 0 fully saturated rings. The largest absolute Gasteiger partial charge is 0.478 e. The highest BCUT2D eigenvalue weighted by Crippen LogP contribution is 2.33. The van der Waals surface area contributed by atoms with Gasteiger partial charge in [0, 0.05) is 6.20 Å². The first-order valence-corrected chi connectivity index (χ1v) is 8.38. The molecule has 11 heteroatoms. The second-order valence-electron chi connectivity index (χ2n) is 6.17. The van der Waals surface area contributed by atoms with E-state index in [0.717, 1.165) is 23.0 Å². The summed E-state index contributed by atoms with van der Waals surface area (Å²) in [5, 5.41) is 12.9. The molecule has 0 atom stereocenters. The molecule has 0 aliphatic carbocycles. The highest BCUT2D eigenvalue weighted by atomic mass is 19.4. The van der Waals surface area contributed by atoms with Gasteiger partial charge in [0.2, 0.25) is 5.95 Å². The minimum Gasteiger partial charge on any atom is -0.478 e. The van der Waals surface area contributed by atoms with Gasteiger partial charge < -0.3 is 9.84 Å². The van der Waals surface area contributed by atoms with Crippen LogP contribution in [0.2, 0.25) is 0 Å². The Morgan fingerprint density at radius 2 is 1.90 bits per heavy atom. The van der Waals surface area contributed by atoms with E-state index in [-0.39, 0.29) is 33.9 Å². The molecule has 0 aliphatic rings. The maximum Gasteiger partial charge on any atom is 0.416 e. The Morgan fingerprint density at radius 1 is 1.13 bits per heavy atom. The van der Waals surface area contributed by atoms with Gasteiger partial charge in [0.15, 0.2) is 0 Å². The van der Waals surface area contributed by atoms with Gasteiger partial charge in [0.1, 0.15) is 11.5 Å². The van der Waals surface area contributed by atoms with Crippen LogP contribution in [0.3, 0.4) is 0 Å². The van der Waals surface area contributed by atoms with Crippen LogP contribution in [0.25, 0.3) is 16.9 Å². The number of benzene rings is 2. The van der Waals surface area contributed by atoms with Crippen LogP contribution in [0, 0.1) is 0 Å². The molecular formula is C19H11F3N4O4. The summed E-state index contributed by atoms with van der Waals surface area (Å²) in [5.41, 5.74) is -1.23. The maximum absolute atomic E-state index is 12.8. The summed E-state index contributed by atoms with van der Waals surface area (Å²) in [5.74, 6) is -1.07. The summed E-state index contributed by atoms with van der Waals surface area (Å²) in [6, 6.07) is 8.61. The molecule has 8 nitrogen and oxygen atoms in total. The molecule has 0 amide bonds. The van der Waals surface area contributed by atoms with Crippen LogP contribution in [-0.4, -0.2) is 30.8 Å². The monoisotopic (exact) mass is 416 g/mol. The lowest BCUT2D eigenvalue weighted by Crippen LogP contribution is -2.14. The first kappa shape index (κ1) is 19.2. The summed E-state index contributed by atoms with van der Waals surface area (Å²) in [7, 11) is 0. The molecule has 0 aliphatic heterocycles. The fourth-order valence-electron chi connectivity index (χ4n) is 2.70. The van der Waals surface area contributed by atoms with Crippen LogP contribution in [0.1, 0.15) is 15.9 Å². The van der Waals surface area contributed by atoms with Gasteiger partial charge in [0.05, 0.1) is 28.2 Å². The lowest BCUT2D eigenvalue weighted by molar-refractivity contribution is -0.137. The molecule has 0 saturated heterocycles. The topological polar surface area (TPSA) is 110 Å². The van der Waals surface area contributed by atoms with Gasteiger partial charge in [-0.3, -0.25) is 9.78 Å². The van der Waals surface area contributed by atoms with Crippen LogP contribution in [0.4, 0.5) is 13.2 Å². The van der Waals surface area contributed by atoms with Gasteiger partial charge in [-0.15, -0.1) is 0 Å². The minimum absolute atomic E-state index is 0.00606. The number of carboxylic acids is 1. The molecule has 0 radical (unpaired) electrons. The van der Waals surface area contributed by atoms with Crippen LogP contribution in [-0.2, 0) is 6.18 Å². The average Bonchev–Trinajstić information content (AvgIpc) is 3.18. The summed E-state index contributed by atoms with van der Waals surface area (Å²) in [6.45, 7) is 0. The zero-order chi connectivity index (χ0) is 21.5. The number of nitrogens with zero attached hydrogens (tertiary/aromatic N) is 3. The number of carbonyl (C=O) groups is 1. The molecule has 2 aromatic carbocycles. The van der Waals surface area contributed by atoms with Gasteiger partial charge >= 0.3 is 12.1 Å². The van der Waals surface area contributed by atoms with Gasteiger partial charge in [-0.1, -0.05) is 6.07 Å². The molecule has 2 N–H and O–H groups in total. The van der Waals surface area contributed by atoms with Crippen LogP contribution in [0.15, 0.2) is 59.7 Å². The molecule has 0 spiro atoms. The van der Waals surface area contributed by atoms with Crippen molar-refractivity contribution < 1.29 is 27.8 Å². The highest BCUT2D eigenvalue weighted by molar-refractivity contribution is 5.87. The highest BCUT2D eigenvalue weighted by Gasteiger charge is 2.30. The smallest absolute Gasteiger partial charge is 0.416 e. The number of alkyl halides is 3. The number of aromatic nitrogens is 4. The number of aromatic carboxylic acids is 1. The Balaban J connectivity index is 1.67. The summed E-state index contributed by atoms with van der Waals surface area (Å²) >= 11 is 0. The van der Waals surface area contributed by atoms with E-state index in [1.807, 2.05) is 0 Å². The molecule has 4 aromatic rings. The SMILES string of the molecule is O=C(O)c1cnn(-c2nc3ccc(Oc4cccc(C(F)(F)F)c4)cc3c(=O)[nH]2)c1. The van der Waals surface area contributed by atoms with Gasteiger partial charge in [0.25, 0.3) is 5.56 Å². The van der Waals surface area contributed by atoms with Crippen molar-refractivity contribution in [3.8, 4) is 17.4 Å². The van der Waals surface area contributed by atoms with E-state index in [1.54, 1.807) is 0 Å². The molecule has 0 saturated carbocycles. The fourth-order valence-corrected chi connectivity index (χ4v) is 2.70. The third-order valence-electron chi connectivity index (χ3n) is 4.11. The number of H-pyrrole nitrogens is 1. The quantitative estimate of drug-likeness (QED) is 0.526. The predicted octanol–water partition coefficient (Wildman–Crippen LogP) is 3.62. The molecule has 152 valence electrons. The molecule has 30 heavy (non-hydrogen) atoms. The Labute approximate surface area is 165 Å². The number of fused-ring (bicyclic) bond motifs is 1. The number of hydrogen-bond donors (Lipinski definition) is 2. The van der Waals surface area contributed by atoms with E-state index in [0.29, 0.717) is 0 Å². The van der Waals surface area contributed by atoms with E-state index >= 15 is 0 Å². The van der Waals surface area contributed by atoms with Crippen molar-refractivity contribution in [2.24, 2.45) is 0 Å². The standard InChI is InChI=1S/C19H11F3N4O4/c20-19(21,22)11-2-1-3-12(6-11)30-13-4-5-15-14(7-13)16(27)25-18(24-15)26-9-10(8-23-26)17(28)29/h1-9H,(H,28,29)(H,24,25,27). The van der Waals surface area contributed by atoms with Gasteiger partial charge in [-0.25, -0.2) is 14.5 Å². The summed E-state index contributed by atoms with van der Waals surface area (Å²) < 4.78 is 45.1. The van der Waals surface area contributed by atoms with Crippen LogP contribution < -0.4 is 10.3 Å². The number of halogens is 3. The van der Waals surface area contributed by atoms with Crippen molar-refractivity contribution in [3.05, 3.63) is 76.3 Å². The van der Waals surface area contributed by atoms with Crippen molar-refractivity contribution in [2.45, 2.75) is 6.18 Å². The van der Waals surface area contributed by atoms with E-state index in [1.165, 1.54) is 36.5 Å². The molecule has 4 rings (SSSR count). The number of carboxylic acid groups (broad SMARTS) is 1. The molecular weight excluding hydrogens is 405 g/mol. The summed E-state index contributed by atoms with van der Waals surface area (Å²) in [4.78, 5) is 30.1. The summed E-state index contributed by atoms with van der Waals surface area (Å²) in [6.07, 6.45) is -2.21. The van der Waals surface area contributed by atoms with E-state index in [4.69, 9.17) is 9.84 Å². The Kier molecular flexibility index (Phi) is 4.49. The lowest BCUT2D eigenvalue weighted by atomic mass is 10.2. The van der Waals surface area contributed by atoms with Gasteiger partial charge in [-0.2, -0.15) is 18.3 Å². The first-order valence-electron chi connectivity index (χ1n) is 8.38. The number of rotatable bonds is 4. The zero-order valence-corrected chi connectivity index (χ0v) is 14.8. The van der Waals surface area contributed by atoms with E-state index < -0.39 is 23.3 Å². The first-order chi connectivity index (χ1) is 14.2. The van der Waals surface area contributed by atoms with Crippen molar-refractivity contribution in [1.29, 1.82) is 0 Å². The third kappa shape index (κ3) is 3.72. The van der Waals surface area contributed by atoms with Crippen LogP contribution in [0.5, 0.6) is 11.5 Å². The zero-order valence-electron chi connectivity index (χ0n) is 14.8. The Hall–Kier alpha value is -4.15. The lowest BCUT2D eigenvalue weighted by Gasteiger charge is -2.10. The Morgan fingerprint density at radius 3 is 2.60 bits per heavy atom. The van der Waals surface area contributed by atoms with E-state index in [9.17, 15) is 22.8 Å². The van der Waals surface area contributed by atoms with Crippen molar-refractivity contribution in [2.75, 3.05) is 0 Å². The molecule has 0 bridgehead atoms. The maximum atomic E-state index is 12.8. The Bertz CT molecular complexity index is 1330. The third-order valence-corrected chi connectivity index (χ3v) is 4.11. The van der Waals surface area contributed by atoms with Crippen molar-refractivity contribution in [1.82, 2.24) is 19.7 Å². The second kappa shape index (κ2) is 7.03. The number of nitrogens with one attached hydrogen (secondary N) is 1. The predicted molar refractivity (Wildman–Crippen MR) is 98.0 cm³/mol. The molecule has 0 unspecified atom stereocenters. The molecule has 2 heterocycles. The van der Waals surface area contributed by atoms with Crippen molar-refractivity contribution in [3.63, 3.8) is 0 Å². The van der Waals surface area contributed by atoms with E-state index in [2.05, 4.69) is 15.1 Å².